The molecule has 90 valence electrons. The number of hydrogen-bond donors (Lipinski definition) is 2. The third-order valence-electron chi connectivity index (χ3n) is 3.40. The Bertz CT molecular complexity index is 318. The highest BCUT2D eigenvalue weighted by atomic mass is 16.4. The molecule has 0 aromatic carbocycles. The molecule has 1 aliphatic rings. The summed E-state index contributed by atoms with van der Waals surface area (Å²) in [6.07, 6.45) is 6.63. The SMILES string of the molecule is CC1CCC(CCNc2nnc(N)o2)CC1. The third kappa shape index (κ3) is 3.12. The number of nitrogens with one attached hydrogen (secondary N) is 1. The number of hydrogen-bond acceptors (Lipinski definition) is 5. The maximum atomic E-state index is 5.33. The van der Waals surface area contributed by atoms with Gasteiger partial charge >= 0.3 is 12.0 Å². The van der Waals surface area contributed by atoms with E-state index in [1.807, 2.05) is 0 Å². The lowest BCUT2D eigenvalue weighted by Gasteiger charge is -2.25. The lowest BCUT2D eigenvalue weighted by molar-refractivity contribution is 0.281. The van der Waals surface area contributed by atoms with Crippen LogP contribution < -0.4 is 11.1 Å². The number of nitrogens with two attached hydrogens (primary N) is 1. The highest BCUT2D eigenvalue weighted by Gasteiger charge is 2.17. The van der Waals surface area contributed by atoms with Crippen molar-refractivity contribution in [3.05, 3.63) is 0 Å². The molecule has 16 heavy (non-hydrogen) atoms. The first-order chi connectivity index (χ1) is 7.74. The van der Waals surface area contributed by atoms with Gasteiger partial charge in [-0.25, -0.2) is 0 Å². The fraction of sp³-hybridized carbons (Fsp3) is 0.818. The van der Waals surface area contributed by atoms with Gasteiger partial charge in [0.1, 0.15) is 0 Å². The quantitative estimate of drug-likeness (QED) is 0.820. The zero-order valence-electron chi connectivity index (χ0n) is 9.78. The van der Waals surface area contributed by atoms with Gasteiger partial charge in [0.2, 0.25) is 0 Å². The van der Waals surface area contributed by atoms with E-state index in [-0.39, 0.29) is 6.01 Å². The second-order valence-corrected chi connectivity index (χ2v) is 4.79. The molecule has 5 nitrogen and oxygen atoms in total. The van der Waals surface area contributed by atoms with E-state index in [1.165, 1.54) is 32.1 Å². The number of nitrogens with zero attached hydrogens (tertiary/aromatic N) is 2. The minimum atomic E-state index is 0.119. The first-order valence-corrected chi connectivity index (χ1v) is 6.07. The molecule has 3 N–H and O–H groups in total. The van der Waals surface area contributed by atoms with Crippen LogP contribution in [0.5, 0.6) is 0 Å². The van der Waals surface area contributed by atoms with Crippen molar-refractivity contribution in [1.29, 1.82) is 0 Å². The van der Waals surface area contributed by atoms with E-state index in [0.29, 0.717) is 6.01 Å². The van der Waals surface area contributed by atoms with E-state index < -0.39 is 0 Å². The molecule has 5 heteroatoms. The Hall–Kier alpha value is -1.26. The summed E-state index contributed by atoms with van der Waals surface area (Å²) in [6.45, 7) is 3.23. The van der Waals surface area contributed by atoms with Gasteiger partial charge < -0.3 is 15.5 Å². The van der Waals surface area contributed by atoms with Crippen molar-refractivity contribution in [2.75, 3.05) is 17.6 Å². The van der Waals surface area contributed by atoms with Crippen molar-refractivity contribution in [1.82, 2.24) is 10.2 Å². The van der Waals surface area contributed by atoms with Gasteiger partial charge in [0.15, 0.2) is 0 Å². The zero-order chi connectivity index (χ0) is 11.4. The topological polar surface area (TPSA) is 77.0 Å². The van der Waals surface area contributed by atoms with Crippen molar-refractivity contribution < 1.29 is 4.42 Å². The van der Waals surface area contributed by atoms with E-state index >= 15 is 0 Å². The summed E-state index contributed by atoms with van der Waals surface area (Å²) in [5.74, 6) is 1.77. The van der Waals surface area contributed by atoms with Crippen LogP contribution in [0.2, 0.25) is 0 Å². The van der Waals surface area contributed by atoms with Crippen molar-refractivity contribution in [2.45, 2.75) is 39.0 Å². The first-order valence-electron chi connectivity index (χ1n) is 6.07. The average Bonchev–Trinajstić information content (AvgIpc) is 2.67. The average molecular weight is 224 g/mol. The van der Waals surface area contributed by atoms with Crippen LogP contribution in [0.3, 0.4) is 0 Å². The Morgan fingerprint density at radius 2 is 2.06 bits per heavy atom. The van der Waals surface area contributed by atoms with Gasteiger partial charge in [-0.1, -0.05) is 42.8 Å². The van der Waals surface area contributed by atoms with Crippen LogP contribution in [0.1, 0.15) is 39.0 Å². The Kier molecular flexibility index (Phi) is 3.64. The summed E-state index contributed by atoms with van der Waals surface area (Å²) in [7, 11) is 0. The highest BCUT2D eigenvalue weighted by molar-refractivity contribution is 5.22. The van der Waals surface area contributed by atoms with Gasteiger partial charge in [-0.05, 0) is 18.3 Å². The minimum Gasteiger partial charge on any atom is -0.390 e. The van der Waals surface area contributed by atoms with Crippen LogP contribution in [0.4, 0.5) is 12.0 Å². The molecular weight excluding hydrogens is 204 g/mol. The van der Waals surface area contributed by atoms with Crippen molar-refractivity contribution in [3.8, 4) is 0 Å². The van der Waals surface area contributed by atoms with Crippen LogP contribution in [0.25, 0.3) is 0 Å². The van der Waals surface area contributed by atoms with Gasteiger partial charge in [0.05, 0.1) is 0 Å². The normalized spacial score (nSPS) is 25.6. The van der Waals surface area contributed by atoms with Crippen molar-refractivity contribution >= 4 is 12.0 Å². The molecule has 1 aromatic heterocycles. The second-order valence-electron chi connectivity index (χ2n) is 4.79. The molecule has 1 aromatic rings. The minimum absolute atomic E-state index is 0.119. The molecule has 0 bridgehead atoms. The molecule has 0 radical (unpaired) electrons. The predicted molar refractivity (Wildman–Crippen MR) is 62.9 cm³/mol. The molecule has 0 saturated heterocycles. The molecule has 1 aliphatic carbocycles. The standard InChI is InChI=1S/C11H20N4O/c1-8-2-4-9(5-3-8)6-7-13-11-15-14-10(12)16-11/h8-9H,2-7H2,1H3,(H2,12,14)(H,13,15). The van der Waals surface area contributed by atoms with E-state index in [2.05, 4.69) is 22.4 Å². The van der Waals surface area contributed by atoms with E-state index in [0.717, 1.165) is 18.4 Å². The predicted octanol–water partition coefficient (Wildman–Crippen LogP) is 2.28. The van der Waals surface area contributed by atoms with E-state index in [4.69, 9.17) is 10.2 Å². The summed E-state index contributed by atoms with van der Waals surface area (Å²) in [4.78, 5) is 0. The molecule has 0 unspecified atom stereocenters. The molecule has 1 heterocycles. The Labute approximate surface area is 95.8 Å². The van der Waals surface area contributed by atoms with Gasteiger partial charge in [0.25, 0.3) is 0 Å². The van der Waals surface area contributed by atoms with Crippen LogP contribution in [0.15, 0.2) is 4.42 Å². The van der Waals surface area contributed by atoms with Crippen LogP contribution >= 0.6 is 0 Å². The monoisotopic (exact) mass is 224 g/mol. The Balaban J connectivity index is 1.64. The van der Waals surface area contributed by atoms with E-state index in [9.17, 15) is 0 Å². The lowest BCUT2D eigenvalue weighted by Crippen LogP contribution is -2.15. The number of rotatable bonds is 4. The van der Waals surface area contributed by atoms with Crippen LogP contribution in [-0.2, 0) is 0 Å². The fourth-order valence-electron chi connectivity index (χ4n) is 2.31. The summed E-state index contributed by atoms with van der Waals surface area (Å²) >= 11 is 0. The zero-order valence-corrected chi connectivity index (χ0v) is 9.78. The van der Waals surface area contributed by atoms with Gasteiger partial charge in [-0.2, -0.15) is 0 Å². The molecule has 0 amide bonds. The van der Waals surface area contributed by atoms with Crippen molar-refractivity contribution in [3.63, 3.8) is 0 Å². The molecule has 2 rings (SSSR count). The fourth-order valence-corrected chi connectivity index (χ4v) is 2.31. The van der Waals surface area contributed by atoms with Gasteiger partial charge in [-0.15, -0.1) is 0 Å². The summed E-state index contributed by atoms with van der Waals surface area (Å²) in [5.41, 5.74) is 5.33. The summed E-state index contributed by atoms with van der Waals surface area (Å²) in [5, 5.41) is 10.5. The largest absolute Gasteiger partial charge is 0.390 e. The van der Waals surface area contributed by atoms with E-state index in [1.54, 1.807) is 0 Å². The molecule has 1 fully saturated rings. The van der Waals surface area contributed by atoms with Crippen molar-refractivity contribution in [2.24, 2.45) is 11.8 Å². The number of anilines is 2. The van der Waals surface area contributed by atoms with Gasteiger partial charge in [-0.3, -0.25) is 0 Å². The summed E-state index contributed by atoms with van der Waals surface area (Å²) < 4.78 is 5.03. The highest BCUT2D eigenvalue weighted by Crippen LogP contribution is 2.30. The number of aromatic nitrogens is 2. The smallest absolute Gasteiger partial charge is 0.316 e. The molecular formula is C11H20N4O. The second kappa shape index (κ2) is 5.18. The molecule has 0 aliphatic heterocycles. The molecule has 0 atom stereocenters. The third-order valence-corrected chi connectivity index (χ3v) is 3.40. The lowest BCUT2D eigenvalue weighted by atomic mass is 9.81. The Morgan fingerprint density at radius 3 is 2.69 bits per heavy atom. The molecule has 1 saturated carbocycles. The Morgan fingerprint density at radius 1 is 1.31 bits per heavy atom. The van der Waals surface area contributed by atoms with Gasteiger partial charge in [0, 0.05) is 6.54 Å². The maximum absolute atomic E-state index is 5.33. The molecule has 0 spiro atoms. The van der Waals surface area contributed by atoms with Crippen LogP contribution in [0, 0.1) is 11.8 Å². The maximum Gasteiger partial charge on any atom is 0.316 e. The van der Waals surface area contributed by atoms with Crippen LogP contribution in [-0.4, -0.2) is 16.7 Å². The number of nitrogen functional groups attached to an aromatic ring is 1. The first kappa shape index (κ1) is 11.2. The summed E-state index contributed by atoms with van der Waals surface area (Å²) in [6, 6.07) is 0.552.